The number of anilines is 2. The number of ether oxygens (including phenoxy) is 1. The monoisotopic (exact) mass is 367 g/mol. The number of piperidine rings is 1. The standard InChI is InChI=1S/C21H25N3O3/c1-15-6-5-7-17(12-15)27-14-20(25)23-18-13-16(21(22)26)8-9-19(18)24-10-3-2-4-11-24/h5-9,12-13H,2-4,10-11,14H2,1H3,(H2,22,26)(H,23,25). The number of hydrogen-bond donors (Lipinski definition) is 2. The van der Waals surface area contributed by atoms with Crippen LogP contribution in [-0.2, 0) is 4.79 Å². The number of rotatable bonds is 6. The highest BCUT2D eigenvalue weighted by atomic mass is 16.5. The smallest absolute Gasteiger partial charge is 0.262 e. The van der Waals surface area contributed by atoms with Crippen LogP contribution in [-0.4, -0.2) is 31.5 Å². The molecule has 0 aliphatic carbocycles. The molecule has 0 saturated carbocycles. The molecular weight excluding hydrogens is 342 g/mol. The Hall–Kier alpha value is -3.02. The van der Waals surface area contributed by atoms with E-state index in [9.17, 15) is 9.59 Å². The first-order valence-electron chi connectivity index (χ1n) is 9.21. The molecule has 3 rings (SSSR count). The van der Waals surface area contributed by atoms with E-state index in [1.54, 1.807) is 12.1 Å². The van der Waals surface area contributed by atoms with E-state index in [2.05, 4.69) is 10.2 Å². The zero-order chi connectivity index (χ0) is 19.2. The van der Waals surface area contributed by atoms with Crippen LogP contribution in [0.1, 0.15) is 35.2 Å². The molecule has 1 aliphatic rings. The topological polar surface area (TPSA) is 84.7 Å². The van der Waals surface area contributed by atoms with Gasteiger partial charge in [-0.3, -0.25) is 9.59 Å². The summed E-state index contributed by atoms with van der Waals surface area (Å²) in [4.78, 5) is 26.2. The summed E-state index contributed by atoms with van der Waals surface area (Å²) in [6.07, 6.45) is 3.44. The first-order chi connectivity index (χ1) is 13.0. The molecule has 27 heavy (non-hydrogen) atoms. The molecule has 1 fully saturated rings. The average molecular weight is 367 g/mol. The molecule has 142 valence electrons. The number of nitrogens with two attached hydrogens (primary N) is 1. The van der Waals surface area contributed by atoms with E-state index >= 15 is 0 Å². The molecule has 0 atom stereocenters. The minimum atomic E-state index is -0.522. The Morgan fingerprint density at radius 3 is 2.59 bits per heavy atom. The fourth-order valence-corrected chi connectivity index (χ4v) is 3.24. The van der Waals surface area contributed by atoms with Crippen LogP contribution in [0, 0.1) is 6.92 Å². The van der Waals surface area contributed by atoms with Gasteiger partial charge in [0.2, 0.25) is 5.91 Å². The summed E-state index contributed by atoms with van der Waals surface area (Å²) >= 11 is 0. The van der Waals surface area contributed by atoms with Crippen LogP contribution in [0.4, 0.5) is 11.4 Å². The lowest BCUT2D eigenvalue weighted by Gasteiger charge is -2.30. The third-order valence-corrected chi connectivity index (χ3v) is 4.61. The molecule has 1 aliphatic heterocycles. The Morgan fingerprint density at radius 1 is 1.11 bits per heavy atom. The van der Waals surface area contributed by atoms with Gasteiger partial charge in [0.15, 0.2) is 6.61 Å². The quantitative estimate of drug-likeness (QED) is 0.822. The van der Waals surface area contributed by atoms with Crippen LogP contribution in [0.15, 0.2) is 42.5 Å². The number of benzene rings is 2. The van der Waals surface area contributed by atoms with Crippen molar-refractivity contribution < 1.29 is 14.3 Å². The number of nitrogens with zero attached hydrogens (tertiary/aromatic N) is 1. The highest BCUT2D eigenvalue weighted by Crippen LogP contribution is 2.29. The van der Waals surface area contributed by atoms with Gasteiger partial charge in [0, 0.05) is 18.7 Å². The van der Waals surface area contributed by atoms with Crippen molar-refractivity contribution in [1.29, 1.82) is 0 Å². The largest absolute Gasteiger partial charge is 0.484 e. The van der Waals surface area contributed by atoms with Crippen LogP contribution in [0.5, 0.6) is 5.75 Å². The molecule has 0 unspecified atom stereocenters. The van der Waals surface area contributed by atoms with Crippen LogP contribution < -0.4 is 20.7 Å². The number of amides is 2. The predicted octanol–water partition coefficient (Wildman–Crippen LogP) is 3.10. The zero-order valence-electron chi connectivity index (χ0n) is 15.5. The fraction of sp³-hybridized carbons (Fsp3) is 0.333. The van der Waals surface area contributed by atoms with Gasteiger partial charge in [0.05, 0.1) is 11.4 Å². The number of hydrogen-bond acceptors (Lipinski definition) is 4. The summed E-state index contributed by atoms with van der Waals surface area (Å²) in [5.74, 6) is -0.157. The van der Waals surface area contributed by atoms with Gasteiger partial charge in [-0.2, -0.15) is 0 Å². The van der Waals surface area contributed by atoms with Crippen molar-refractivity contribution >= 4 is 23.2 Å². The molecule has 1 saturated heterocycles. The highest BCUT2D eigenvalue weighted by molar-refractivity contribution is 5.99. The Morgan fingerprint density at radius 2 is 1.89 bits per heavy atom. The fourth-order valence-electron chi connectivity index (χ4n) is 3.24. The minimum Gasteiger partial charge on any atom is -0.484 e. The summed E-state index contributed by atoms with van der Waals surface area (Å²) in [7, 11) is 0. The first kappa shape index (κ1) is 18.8. The van der Waals surface area contributed by atoms with E-state index in [0.29, 0.717) is 17.0 Å². The van der Waals surface area contributed by atoms with Gasteiger partial charge in [0.1, 0.15) is 5.75 Å². The maximum atomic E-state index is 12.4. The van der Waals surface area contributed by atoms with Crippen molar-refractivity contribution in [2.45, 2.75) is 26.2 Å². The summed E-state index contributed by atoms with van der Waals surface area (Å²) in [6, 6.07) is 12.7. The molecule has 3 N–H and O–H groups in total. The molecule has 2 aromatic carbocycles. The molecule has 0 aromatic heterocycles. The van der Waals surface area contributed by atoms with E-state index in [-0.39, 0.29) is 12.5 Å². The molecule has 1 heterocycles. The van der Waals surface area contributed by atoms with Crippen molar-refractivity contribution in [2.75, 3.05) is 29.9 Å². The number of aryl methyl sites for hydroxylation is 1. The van der Waals surface area contributed by atoms with Crippen LogP contribution >= 0.6 is 0 Å². The maximum Gasteiger partial charge on any atom is 0.262 e. The second kappa shape index (κ2) is 8.58. The highest BCUT2D eigenvalue weighted by Gasteiger charge is 2.17. The van der Waals surface area contributed by atoms with Crippen molar-refractivity contribution in [1.82, 2.24) is 0 Å². The third kappa shape index (κ3) is 5.00. The van der Waals surface area contributed by atoms with Crippen molar-refractivity contribution in [2.24, 2.45) is 5.73 Å². The molecule has 0 radical (unpaired) electrons. The van der Waals surface area contributed by atoms with E-state index in [1.165, 1.54) is 6.42 Å². The summed E-state index contributed by atoms with van der Waals surface area (Å²) in [5.41, 5.74) is 8.33. The Bertz CT molecular complexity index is 829. The summed E-state index contributed by atoms with van der Waals surface area (Å²) in [5, 5.41) is 2.87. The molecule has 6 nitrogen and oxygen atoms in total. The van der Waals surface area contributed by atoms with Gasteiger partial charge in [-0.1, -0.05) is 12.1 Å². The average Bonchev–Trinajstić information content (AvgIpc) is 2.67. The predicted molar refractivity (Wildman–Crippen MR) is 106 cm³/mol. The SMILES string of the molecule is Cc1cccc(OCC(=O)Nc2cc(C(N)=O)ccc2N2CCCCC2)c1. The van der Waals surface area contributed by atoms with Crippen molar-refractivity contribution in [3.05, 3.63) is 53.6 Å². The zero-order valence-corrected chi connectivity index (χ0v) is 15.5. The van der Waals surface area contributed by atoms with Gasteiger partial charge in [-0.25, -0.2) is 0 Å². The minimum absolute atomic E-state index is 0.107. The molecule has 0 bridgehead atoms. The molecule has 2 amide bonds. The van der Waals surface area contributed by atoms with E-state index in [1.807, 2.05) is 37.3 Å². The Balaban J connectivity index is 1.73. The Labute approximate surface area is 159 Å². The normalized spacial score (nSPS) is 13.9. The second-order valence-electron chi connectivity index (χ2n) is 6.80. The number of nitrogens with one attached hydrogen (secondary N) is 1. The van der Waals surface area contributed by atoms with Gasteiger partial charge in [-0.15, -0.1) is 0 Å². The Kier molecular flexibility index (Phi) is 5.96. The first-order valence-corrected chi connectivity index (χ1v) is 9.21. The van der Waals surface area contributed by atoms with Crippen molar-refractivity contribution in [3.8, 4) is 5.75 Å². The lowest BCUT2D eigenvalue weighted by molar-refractivity contribution is -0.118. The van der Waals surface area contributed by atoms with E-state index < -0.39 is 5.91 Å². The summed E-state index contributed by atoms with van der Waals surface area (Å²) in [6.45, 7) is 3.72. The van der Waals surface area contributed by atoms with E-state index in [0.717, 1.165) is 37.2 Å². The van der Waals surface area contributed by atoms with Crippen LogP contribution in [0.25, 0.3) is 0 Å². The molecule has 6 heteroatoms. The number of carbonyl (C=O) groups excluding carboxylic acids is 2. The number of primary amides is 1. The van der Waals surface area contributed by atoms with Crippen LogP contribution in [0.3, 0.4) is 0 Å². The van der Waals surface area contributed by atoms with Gasteiger partial charge >= 0.3 is 0 Å². The van der Waals surface area contributed by atoms with Crippen molar-refractivity contribution in [3.63, 3.8) is 0 Å². The van der Waals surface area contributed by atoms with Gasteiger partial charge < -0.3 is 20.7 Å². The maximum absolute atomic E-state index is 12.4. The lowest BCUT2D eigenvalue weighted by Crippen LogP contribution is -2.31. The lowest BCUT2D eigenvalue weighted by atomic mass is 10.1. The second-order valence-corrected chi connectivity index (χ2v) is 6.80. The van der Waals surface area contributed by atoms with Gasteiger partial charge in [-0.05, 0) is 62.1 Å². The molecule has 0 spiro atoms. The molecular formula is C21H25N3O3. The molecule has 2 aromatic rings. The summed E-state index contributed by atoms with van der Waals surface area (Å²) < 4.78 is 5.57. The third-order valence-electron chi connectivity index (χ3n) is 4.61. The number of carbonyl (C=O) groups is 2. The van der Waals surface area contributed by atoms with Crippen LogP contribution in [0.2, 0.25) is 0 Å². The van der Waals surface area contributed by atoms with E-state index in [4.69, 9.17) is 10.5 Å². The van der Waals surface area contributed by atoms with Gasteiger partial charge in [0.25, 0.3) is 5.91 Å².